The molecule has 0 spiro atoms. The second kappa shape index (κ2) is 5.39. The number of piperidine rings is 1. The van der Waals surface area contributed by atoms with Crippen molar-refractivity contribution in [2.45, 2.75) is 25.3 Å². The van der Waals surface area contributed by atoms with Gasteiger partial charge in [-0.3, -0.25) is 4.79 Å². The van der Waals surface area contributed by atoms with Crippen molar-refractivity contribution < 1.29 is 19.4 Å². The molecular weight excluding hydrogens is 254 g/mol. The first kappa shape index (κ1) is 12.9. The van der Waals surface area contributed by atoms with E-state index >= 15 is 0 Å². The number of carbonyl (C=O) groups is 2. The van der Waals surface area contributed by atoms with E-state index in [1.165, 1.54) is 23.3 Å². The van der Waals surface area contributed by atoms with E-state index in [2.05, 4.69) is 0 Å². The van der Waals surface area contributed by atoms with Crippen LogP contribution in [0.25, 0.3) is 0 Å². The van der Waals surface area contributed by atoms with E-state index in [1.807, 2.05) is 0 Å². The van der Waals surface area contributed by atoms with Gasteiger partial charge in [0.15, 0.2) is 0 Å². The van der Waals surface area contributed by atoms with E-state index in [4.69, 9.17) is 9.84 Å². The van der Waals surface area contributed by atoms with Gasteiger partial charge in [-0.15, -0.1) is 11.3 Å². The Morgan fingerprint density at radius 3 is 2.94 bits per heavy atom. The van der Waals surface area contributed by atoms with Crippen molar-refractivity contribution in [1.82, 2.24) is 4.90 Å². The maximum Gasteiger partial charge on any atom is 0.326 e. The monoisotopic (exact) mass is 269 g/mol. The number of hydrogen-bond donors (Lipinski definition) is 1. The predicted molar refractivity (Wildman–Crippen MR) is 67.2 cm³/mol. The zero-order valence-corrected chi connectivity index (χ0v) is 10.9. The third-order valence-electron chi connectivity index (χ3n) is 3.09. The van der Waals surface area contributed by atoms with Crippen LogP contribution in [0, 0.1) is 0 Å². The van der Waals surface area contributed by atoms with E-state index in [-0.39, 0.29) is 5.91 Å². The Morgan fingerprint density at radius 2 is 2.28 bits per heavy atom. The third-order valence-corrected chi connectivity index (χ3v) is 3.98. The third kappa shape index (κ3) is 2.33. The Labute approximate surface area is 109 Å². The van der Waals surface area contributed by atoms with Crippen LogP contribution >= 0.6 is 11.3 Å². The van der Waals surface area contributed by atoms with Gasteiger partial charge in [-0.2, -0.15) is 0 Å². The summed E-state index contributed by atoms with van der Waals surface area (Å²) in [5.41, 5.74) is 0. The van der Waals surface area contributed by atoms with Crippen LogP contribution in [0.15, 0.2) is 11.4 Å². The smallest absolute Gasteiger partial charge is 0.326 e. The van der Waals surface area contributed by atoms with Crippen LogP contribution in [-0.2, 0) is 4.79 Å². The van der Waals surface area contributed by atoms with Crippen molar-refractivity contribution >= 4 is 23.2 Å². The molecule has 1 aromatic heterocycles. The summed E-state index contributed by atoms with van der Waals surface area (Å²) < 4.78 is 5.11. The predicted octanol–water partition coefficient (Wildman–Crippen LogP) is 1.84. The number of thiophene rings is 1. The lowest BCUT2D eigenvalue weighted by molar-refractivity contribution is -0.143. The topological polar surface area (TPSA) is 66.8 Å². The van der Waals surface area contributed by atoms with Gasteiger partial charge in [-0.05, 0) is 30.7 Å². The summed E-state index contributed by atoms with van der Waals surface area (Å²) >= 11 is 1.28. The number of ether oxygens (including phenoxy) is 1. The first-order chi connectivity index (χ1) is 8.65. The standard InChI is InChI=1S/C12H15NO4S/c1-17-9-5-7-18-10(9)11(14)13-6-3-2-4-8(13)12(15)16/h5,7-8H,2-4,6H2,1H3,(H,15,16). The minimum absolute atomic E-state index is 0.242. The summed E-state index contributed by atoms with van der Waals surface area (Å²) in [6.07, 6.45) is 2.22. The molecule has 1 aliphatic heterocycles. The molecular formula is C12H15NO4S. The quantitative estimate of drug-likeness (QED) is 0.909. The normalized spacial score (nSPS) is 19.6. The number of hydrogen-bond acceptors (Lipinski definition) is 4. The fourth-order valence-corrected chi connectivity index (χ4v) is 2.99. The van der Waals surface area contributed by atoms with Crippen molar-refractivity contribution in [3.63, 3.8) is 0 Å². The SMILES string of the molecule is COc1ccsc1C(=O)N1CCCCC1C(=O)O. The number of aliphatic carboxylic acids is 1. The number of nitrogens with zero attached hydrogens (tertiary/aromatic N) is 1. The molecule has 0 bridgehead atoms. The van der Waals surface area contributed by atoms with E-state index in [1.54, 1.807) is 11.4 Å². The fraction of sp³-hybridized carbons (Fsp3) is 0.500. The Balaban J connectivity index is 2.23. The van der Waals surface area contributed by atoms with Crippen LogP contribution in [0.5, 0.6) is 5.75 Å². The van der Waals surface area contributed by atoms with Crippen LogP contribution in [0.4, 0.5) is 0 Å². The number of methoxy groups -OCH3 is 1. The maximum absolute atomic E-state index is 12.3. The minimum atomic E-state index is -0.932. The molecule has 1 aromatic rings. The molecule has 98 valence electrons. The van der Waals surface area contributed by atoms with E-state index in [0.29, 0.717) is 23.6 Å². The van der Waals surface area contributed by atoms with Crippen LogP contribution in [0.1, 0.15) is 28.9 Å². The number of amides is 1. The molecule has 1 amide bonds. The average Bonchev–Trinajstić information content (AvgIpc) is 2.86. The minimum Gasteiger partial charge on any atom is -0.495 e. The Morgan fingerprint density at radius 1 is 1.50 bits per heavy atom. The highest BCUT2D eigenvalue weighted by Crippen LogP contribution is 2.28. The van der Waals surface area contributed by atoms with Gasteiger partial charge in [-0.25, -0.2) is 4.79 Å². The summed E-state index contributed by atoms with van der Waals surface area (Å²) in [6, 6.07) is 1.01. The highest BCUT2D eigenvalue weighted by molar-refractivity contribution is 7.12. The molecule has 1 unspecified atom stereocenters. The van der Waals surface area contributed by atoms with Crippen LogP contribution in [-0.4, -0.2) is 41.6 Å². The highest BCUT2D eigenvalue weighted by Gasteiger charge is 2.33. The Hall–Kier alpha value is -1.56. The van der Waals surface area contributed by atoms with Crippen LogP contribution in [0.3, 0.4) is 0 Å². The van der Waals surface area contributed by atoms with Gasteiger partial charge in [-0.1, -0.05) is 0 Å². The van der Waals surface area contributed by atoms with Gasteiger partial charge in [0, 0.05) is 6.54 Å². The molecule has 0 radical (unpaired) electrons. The van der Waals surface area contributed by atoms with Gasteiger partial charge in [0.1, 0.15) is 16.7 Å². The van der Waals surface area contributed by atoms with Gasteiger partial charge in [0.05, 0.1) is 7.11 Å². The summed E-state index contributed by atoms with van der Waals surface area (Å²) in [5.74, 6) is -0.660. The van der Waals surface area contributed by atoms with Crippen molar-refractivity contribution in [3.05, 3.63) is 16.3 Å². The number of carboxylic acids is 1. The molecule has 1 fully saturated rings. The first-order valence-corrected chi connectivity index (χ1v) is 6.68. The molecule has 5 nitrogen and oxygen atoms in total. The van der Waals surface area contributed by atoms with E-state index in [9.17, 15) is 9.59 Å². The second-order valence-corrected chi connectivity index (χ2v) is 5.08. The first-order valence-electron chi connectivity index (χ1n) is 5.80. The molecule has 0 aromatic carbocycles. The van der Waals surface area contributed by atoms with Gasteiger partial charge in [0.2, 0.25) is 0 Å². The second-order valence-electron chi connectivity index (χ2n) is 4.17. The van der Waals surface area contributed by atoms with Gasteiger partial charge < -0.3 is 14.7 Å². The van der Waals surface area contributed by atoms with Gasteiger partial charge >= 0.3 is 5.97 Å². The highest BCUT2D eigenvalue weighted by atomic mass is 32.1. The van der Waals surface area contributed by atoms with E-state index < -0.39 is 12.0 Å². The zero-order valence-electron chi connectivity index (χ0n) is 10.1. The molecule has 18 heavy (non-hydrogen) atoms. The molecule has 2 rings (SSSR count). The van der Waals surface area contributed by atoms with Crippen molar-refractivity contribution in [3.8, 4) is 5.75 Å². The molecule has 0 aliphatic carbocycles. The van der Waals surface area contributed by atoms with Crippen molar-refractivity contribution in [2.75, 3.05) is 13.7 Å². The Kier molecular flexibility index (Phi) is 3.86. The fourth-order valence-electron chi connectivity index (χ4n) is 2.18. The number of carboxylic acid groups (broad SMARTS) is 1. The summed E-state index contributed by atoms with van der Waals surface area (Å²) in [6.45, 7) is 0.497. The number of rotatable bonds is 3. The number of likely N-dealkylation sites (tertiary alicyclic amines) is 1. The van der Waals surface area contributed by atoms with E-state index in [0.717, 1.165) is 12.8 Å². The largest absolute Gasteiger partial charge is 0.495 e. The molecule has 2 heterocycles. The Bertz CT molecular complexity index is 457. The number of carbonyl (C=O) groups excluding carboxylic acids is 1. The van der Waals surface area contributed by atoms with Crippen molar-refractivity contribution in [1.29, 1.82) is 0 Å². The summed E-state index contributed by atoms with van der Waals surface area (Å²) in [4.78, 5) is 25.4. The average molecular weight is 269 g/mol. The maximum atomic E-state index is 12.3. The molecule has 1 saturated heterocycles. The molecule has 1 aliphatic rings. The van der Waals surface area contributed by atoms with Crippen LogP contribution in [0.2, 0.25) is 0 Å². The zero-order chi connectivity index (χ0) is 13.1. The summed E-state index contributed by atoms with van der Waals surface area (Å²) in [7, 11) is 1.50. The van der Waals surface area contributed by atoms with Gasteiger partial charge in [0.25, 0.3) is 5.91 Å². The molecule has 1 N–H and O–H groups in total. The lowest BCUT2D eigenvalue weighted by Gasteiger charge is -2.32. The lowest BCUT2D eigenvalue weighted by atomic mass is 10.0. The van der Waals surface area contributed by atoms with Crippen molar-refractivity contribution in [2.24, 2.45) is 0 Å². The molecule has 1 atom stereocenters. The molecule has 0 saturated carbocycles. The van der Waals surface area contributed by atoms with Crippen LogP contribution < -0.4 is 4.74 Å². The molecule has 6 heteroatoms. The summed E-state index contributed by atoms with van der Waals surface area (Å²) in [5, 5.41) is 10.9. The lowest BCUT2D eigenvalue weighted by Crippen LogP contribution is -2.47.